The number of carbonyl (C=O) groups excluding carboxylic acids is 1. The molecule has 0 aromatic rings. The van der Waals surface area contributed by atoms with Crippen molar-refractivity contribution >= 4 is 5.97 Å². The predicted molar refractivity (Wildman–Crippen MR) is 49.4 cm³/mol. The van der Waals surface area contributed by atoms with Crippen molar-refractivity contribution in [1.82, 2.24) is 0 Å². The molecule has 1 aliphatic heterocycles. The smallest absolute Gasteiger partial charge is 0.337 e. The molecule has 1 saturated heterocycles. The number of allylic oxidation sites excluding steroid dienone is 1. The van der Waals surface area contributed by atoms with Gasteiger partial charge in [0.1, 0.15) is 11.7 Å². The zero-order chi connectivity index (χ0) is 9.92. The van der Waals surface area contributed by atoms with Gasteiger partial charge < -0.3 is 9.84 Å². The first-order chi connectivity index (χ1) is 6.62. The van der Waals surface area contributed by atoms with Crippen molar-refractivity contribution in [3.05, 3.63) is 11.6 Å². The van der Waals surface area contributed by atoms with Crippen LogP contribution in [-0.4, -0.2) is 22.8 Å². The molecule has 76 valence electrons. The molecule has 1 saturated carbocycles. The van der Waals surface area contributed by atoms with Crippen LogP contribution in [0.5, 0.6) is 0 Å². The number of aliphatic hydroxyl groups is 1. The fourth-order valence-electron chi connectivity index (χ4n) is 3.25. The van der Waals surface area contributed by atoms with E-state index in [1.54, 1.807) is 0 Å². The van der Waals surface area contributed by atoms with Gasteiger partial charge in [0, 0.05) is 0 Å². The quantitative estimate of drug-likeness (QED) is 0.586. The van der Waals surface area contributed by atoms with Gasteiger partial charge in [0.15, 0.2) is 0 Å². The Kier molecular flexibility index (Phi) is 1.45. The van der Waals surface area contributed by atoms with E-state index in [-0.39, 0.29) is 18.0 Å². The molecule has 0 spiro atoms. The third-order valence-electron chi connectivity index (χ3n) is 3.90. The molecule has 14 heavy (non-hydrogen) atoms. The summed E-state index contributed by atoms with van der Waals surface area (Å²) in [5.41, 5.74) is -0.410. The third-order valence-corrected chi connectivity index (χ3v) is 3.90. The molecule has 0 amide bonds. The lowest BCUT2D eigenvalue weighted by molar-refractivity contribution is -0.140. The number of carbonyl (C=O) groups is 1. The van der Waals surface area contributed by atoms with Crippen molar-refractivity contribution in [2.45, 2.75) is 37.9 Å². The van der Waals surface area contributed by atoms with Crippen molar-refractivity contribution in [1.29, 1.82) is 0 Å². The second kappa shape index (κ2) is 2.40. The lowest BCUT2D eigenvalue weighted by Crippen LogP contribution is -2.43. The number of rotatable bonds is 0. The molecule has 2 fully saturated rings. The summed E-state index contributed by atoms with van der Waals surface area (Å²) in [5.74, 6) is 0.322. The van der Waals surface area contributed by atoms with Crippen LogP contribution in [0, 0.1) is 11.8 Å². The fourth-order valence-corrected chi connectivity index (χ4v) is 3.25. The summed E-state index contributed by atoms with van der Waals surface area (Å²) >= 11 is 0. The first-order valence-electron chi connectivity index (χ1n) is 5.28. The topological polar surface area (TPSA) is 46.5 Å². The van der Waals surface area contributed by atoms with Crippen LogP contribution in [0.2, 0.25) is 0 Å². The number of ether oxygens (including phenoxy) is 1. The molecule has 0 bridgehead atoms. The van der Waals surface area contributed by atoms with Crippen LogP contribution in [0.3, 0.4) is 0 Å². The molecule has 0 aromatic carbocycles. The van der Waals surface area contributed by atoms with E-state index >= 15 is 0 Å². The Balaban J connectivity index is 2.14. The summed E-state index contributed by atoms with van der Waals surface area (Å²) in [5, 5.41) is 10.5. The van der Waals surface area contributed by atoms with Crippen LogP contribution in [-0.2, 0) is 9.53 Å². The summed E-state index contributed by atoms with van der Waals surface area (Å²) in [6.45, 7) is 2.09. The molecular formula is C11H14O3. The molecule has 2 unspecified atom stereocenters. The Morgan fingerprint density at radius 3 is 3.14 bits per heavy atom. The van der Waals surface area contributed by atoms with Crippen molar-refractivity contribution in [3.8, 4) is 0 Å². The van der Waals surface area contributed by atoms with Gasteiger partial charge in [-0.05, 0) is 31.1 Å². The maximum absolute atomic E-state index is 11.5. The minimum atomic E-state index is -0.941. The Morgan fingerprint density at radius 2 is 2.36 bits per heavy atom. The highest BCUT2D eigenvalue weighted by molar-refractivity contribution is 5.94. The summed E-state index contributed by atoms with van der Waals surface area (Å²) in [7, 11) is 0. The molecule has 1 N–H and O–H groups in total. The number of hydrogen-bond acceptors (Lipinski definition) is 3. The van der Waals surface area contributed by atoms with E-state index < -0.39 is 5.60 Å². The average Bonchev–Trinajstić information content (AvgIpc) is 2.55. The van der Waals surface area contributed by atoms with Gasteiger partial charge in [-0.1, -0.05) is 13.0 Å². The van der Waals surface area contributed by atoms with Crippen LogP contribution in [0.4, 0.5) is 0 Å². The first kappa shape index (κ1) is 8.48. The van der Waals surface area contributed by atoms with Gasteiger partial charge in [-0.15, -0.1) is 0 Å². The van der Waals surface area contributed by atoms with Gasteiger partial charge in [0.2, 0.25) is 0 Å². The molecule has 4 atom stereocenters. The van der Waals surface area contributed by atoms with Crippen molar-refractivity contribution < 1.29 is 14.6 Å². The largest absolute Gasteiger partial charge is 0.455 e. The SMILES string of the molecule is C[C@@H]1C=C2C(=O)OC3CCC(C1)[C@]23O. The van der Waals surface area contributed by atoms with Crippen LogP contribution in [0.1, 0.15) is 26.2 Å². The van der Waals surface area contributed by atoms with Gasteiger partial charge in [0.25, 0.3) is 0 Å². The molecule has 3 nitrogen and oxygen atoms in total. The minimum Gasteiger partial charge on any atom is -0.455 e. The first-order valence-corrected chi connectivity index (χ1v) is 5.28. The maximum atomic E-state index is 11.5. The minimum absolute atomic E-state index is 0.231. The van der Waals surface area contributed by atoms with E-state index in [0.717, 1.165) is 19.3 Å². The van der Waals surface area contributed by atoms with E-state index in [2.05, 4.69) is 6.92 Å². The van der Waals surface area contributed by atoms with Gasteiger partial charge in [-0.2, -0.15) is 0 Å². The number of hydrogen-bond donors (Lipinski definition) is 1. The van der Waals surface area contributed by atoms with Crippen LogP contribution in [0.25, 0.3) is 0 Å². The zero-order valence-corrected chi connectivity index (χ0v) is 8.19. The van der Waals surface area contributed by atoms with Gasteiger partial charge in [-0.3, -0.25) is 0 Å². The Morgan fingerprint density at radius 1 is 1.57 bits per heavy atom. The number of esters is 1. The van der Waals surface area contributed by atoms with Crippen LogP contribution < -0.4 is 0 Å². The van der Waals surface area contributed by atoms with Gasteiger partial charge >= 0.3 is 5.97 Å². The average molecular weight is 194 g/mol. The molecule has 0 radical (unpaired) electrons. The summed E-state index contributed by atoms with van der Waals surface area (Å²) in [4.78, 5) is 11.5. The predicted octanol–water partition coefficient (Wildman–Crippen LogP) is 1.02. The summed E-state index contributed by atoms with van der Waals surface area (Å²) < 4.78 is 5.19. The van der Waals surface area contributed by atoms with Crippen molar-refractivity contribution in [2.75, 3.05) is 0 Å². The normalized spacial score (nSPS) is 50.0. The van der Waals surface area contributed by atoms with Crippen molar-refractivity contribution in [3.63, 3.8) is 0 Å². The fraction of sp³-hybridized carbons (Fsp3) is 0.727. The summed E-state index contributed by atoms with van der Waals surface area (Å²) in [6.07, 6.45) is 4.41. The molecule has 3 rings (SSSR count). The summed E-state index contributed by atoms with van der Waals surface area (Å²) in [6, 6.07) is 0. The Hall–Kier alpha value is -0.830. The Bertz CT molecular complexity index is 333. The second-order valence-electron chi connectivity index (χ2n) is 4.79. The zero-order valence-electron chi connectivity index (χ0n) is 8.19. The highest BCUT2D eigenvalue weighted by atomic mass is 16.6. The standard InChI is InChI=1S/C11H14O3/c1-6-4-7-2-3-9-11(7,13)8(5-6)10(12)14-9/h5-7,9,13H,2-4H2,1H3/t6-,7?,9?,11-/m0/s1. The Labute approximate surface area is 82.8 Å². The molecule has 2 aliphatic carbocycles. The van der Waals surface area contributed by atoms with E-state index in [1.807, 2.05) is 6.08 Å². The van der Waals surface area contributed by atoms with Crippen LogP contribution in [0.15, 0.2) is 11.6 Å². The highest BCUT2D eigenvalue weighted by Gasteiger charge is 2.61. The van der Waals surface area contributed by atoms with Gasteiger partial charge in [0.05, 0.1) is 5.57 Å². The molecule has 3 heteroatoms. The highest BCUT2D eigenvalue weighted by Crippen LogP contribution is 2.52. The maximum Gasteiger partial charge on any atom is 0.337 e. The van der Waals surface area contributed by atoms with Crippen molar-refractivity contribution in [2.24, 2.45) is 11.8 Å². The lowest BCUT2D eigenvalue weighted by atomic mass is 9.73. The van der Waals surface area contributed by atoms with E-state index in [4.69, 9.17) is 4.74 Å². The lowest BCUT2D eigenvalue weighted by Gasteiger charge is -2.33. The molecule has 1 heterocycles. The monoisotopic (exact) mass is 194 g/mol. The second-order valence-corrected chi connectivity index (χ2v) is 4.79. The van der Waals surface area contributed by atoms with E-state index in [0.29, 0.717) is 11.5 Å². The van der Waals surface area contributed by atoms with E-state index in [1.165, 1.54) is 0 Å². The molecule has 3 aliphatic rings. The molecule has 0 aromatic heterocycles. The van der Waals surface area contributed by atoms with Gasteiger partial charge in [-0.25, -0.2) is 4.79 Å². The third kappa shape index (κ3) is 0.793. The molecular weight excluding hydrogens is 180 g/mol. The van der Waals surface area contributed by atoms with E-state index in [9.17, 15) is 9.90 Å². The van der Waals surface area contributed by atoms with Crippen LogP contribution >= 0.6 is 0 Å².